The molecule has 77 heavy (non-hydrogen) atoms. The van der Waals surface area contributed by atoms with E-state index in [9.17, 15) is 40.2 Å². The normalized spacial score (nSPS) is 12.0. The van der Waals surface area contributed by atoms with Crippen molar-refractivity contribution in [1.82, 2.24) is 25.4 Å². The number of nitrogens with one attached hydrogen (secondary N) is 2. The summed E-state index contributed by atoms with van der Waals surface area (Å²) in [5, 5.41) is 23.3. The third-order valence-corrected chi connectivity index (χ3v) is 12.7. The molecule has 0 bridgehead atoms. The van der Waals surface area contributed by atoms with Gasteiger partial charge in [0.25, 0.3) is 0 Å². The average Bonchev–Trinajstić information content (AvgIpc) is 4.14. The van der Waals surface area contributed by atoms with Gasteiger partial charge in [-0.05, 0) is 82.5 Å². The Labute approximate surface area is 455 Å². The van der Waals surface area contributed by atoms with E-state index in [-0.39, 0.29) is 63.5 Å². The number of allylic oxidation sites excluding steroid dienone is 1. The van der Waals surface area contributed by atoms with Crippen LogP contribution in [-0.4, -0.2) is 50.4 Å². The average molecular weight is 1100 g/mol. The molecule has 8 rings (SSSR count). The molecule has 8 nitrogen and oxygen atoms in total. The van der Waals surface area contributed by atoms with Crippen LogP contribution in [0.3, 0.4) is 0 Å². The number of aromatic hydroxyl groups is 1. The summed E-state index contributed by atoms with van der Waals surface area (Å²) in [7, 11) is 1.45. The zero-order chi connectivity index (χ0) is 54.7. The molecular weight excluding hydrogens is 1020 g/mol. The molecule has 0 aliphatic carbocycles. The molecule has 0 saturated heterocycles. The van der Waals surface area contributed by atoms with E-state index < -0.39 is 62.4 Å². The zero-order valence-corrected chi connectivity index (χ0v) is 44.5. The number of H-pyrrole nitrogens is 2. The van der Waals surface area contributed by atoms with Crippen LogP contribution in [-0.2, 0) is 21.7 Å². The summed E-state index contributed by atoms with van der Waals surface area (Å²) in [4.78, 5) is 8.94. The van der Waals surface area contributed by atoms with Gasteiger partial charge in [0.05, 0.1) is 41.6 Å². The van der Waals surface area contributed by atoms with Crippen LogP contribution in [0.5, 0.6) is 11.5 Å². The van der Waals surface area contributed by atoms with Gasteiger partial charge in [-0.1, -0.05) is 125 Å². The number of nitrogens with zero attached hydrogens (tertiary/aromatic N) is 4. The van der Waals surface area contributed by atoms with Gasteiger partial charge in [0, 0.05) is 63.1 Å². The molecule has 0 spiro atoms. The van der Waals surface area contributed by atoms with E-state index in [1.165, 1.54) is 67.5 Å². The molecule has 3 N–H and O–H groups in total. The Morgan fingerprint density at radius 1 is 0.558 bits per heavy atom. The molecule has 7 aromatic rings. The lowest BCUT2D eigenvalue weighted by molar-refractivity contribution is 0.380. The molecule has 0 amide bonds. The lowest BCUT2D eigenvalue weighted by Crippen LogP contribution is -2.17. The molecule has 0 atom stereocenters. The lowest BCUT2D eigenvalue weighted by atomic mass is 9.84. The monoisotopic (exact) mass is 1100 g/mol. The van der Waals surface area contributed by atoms with Crippen LogP contribution in [0.4, 0.5) is 35.1 Å². The highest BCUT2D eigenvalue weighted by Crippen LogP contribution is 2.41. The Bertz CT molecular complexity index is 3140. The number of aromatic amines is 2. The number of hydrogen-bond acceptors (Lipinski definition) is 7. The summed E-state index contributed by atoms with van der Waals surface area (Å²) in [6.07, 6.45) is 9.09. The van der Waals surface area contributed by atoms with E-state index in [4.69, 9.17) is 4.74 Å². The Hall–Kier alpha value is -6.62. The second-order valence-corrected chi connectivity index (χ2v) is 22.7. The van der Waals surface area contributed by atoms with Gasteiger partial charge < -0.3 is 9.84 Å². The largest absolute Gasteiger partial charge is 0.508 e. The molecule has 0 unspecified atom stereocenters. The molecule has 0 fully saturated rings. The number of aryl methyl sites for hydroxylation is 2. The molecule has 422 valence electrons. The molecule has 1 aliphatic rings. The van der Waals surface area contributed by atoms with Crippen LogP contribution < -0.4 is 4.74 Å². The van der Waals surface area contributed by atoms with Gasteiger partial charge in [0.15, 0.2) is 34.9 Å². The van der Waals surface area contributed by atoms with Crippen LogP contribution >= 0.6 is 11.3 Å². The number of thiazole rings is 1. The second-order valence-electron chi connectivity index (χ2n) is 21.5. The van der Waals surface area contributed by atoms with Crippen molar-refractivity contribution in [2.24, 2.45) is 4.99 Å². The first-order chi connectivity index (χ1) is 33.8. The molecular formula is C60H78F8N6O2S. The van der Waals surface area contributed by atoms with Crippen molar-refractivity contribution in [2.45, 2.75) is 148 Å². The standard InChI is InChI=1S/C15H17F2NS.C14H16F2N2O.C14H15F2N.C13H14F2N2O.4CH4/c1-8-14(19-9(2)18-8)10-6-13(17)11(7-12(10)16)15(3,4)5;1-14(2,3)11-10(19-4)5-9(12(15)13(11)16)8-6-17-18-7-8;1-14(2,3)11-5-4-10(12(15)13(11)16)9-6-7-17-8-9;1-13(2,3)10-9(18)4-8(11(14)12(10)15)7-5-16-17-6-7;;;;/h6-7H,1-5H3;5-7H,1-4H3,(H,17,18);4-7H,8H2,1-3H3;4-6,18H,1-3H3,(H,16,17);4*1H4. The maximum atomic E-state index is 14.3. The second kappa shape index (κ2) is 26.6. The predicted octanol–water partition coefficient (Wildman–Crippen LogP) is 18.3. The number of rotatable bonds is 5. The van der Waals surface area contributed by atoms with Crippen LogP contribution in [0.1, 0.15) is 151 Å². The van der Waals surface area contributed by atoms with E-state index in [2.05, 4.69) is 30.4 Å². The molecule has 17 heteroatoms. The minimum absolute atomic E-state index is 0. The molecule has 3 aromatic heterocycles. The fraction of sp³-hybridized carbons (Fsp3) is 0.400. The Morgan fingerprint density at radius 2 is 1.05 bits per heavy atom. The Morgan fingerprint density at radius 3 is 1.47 bits per heavy atom. The topological polar surface area (TPSA) is 112 Å². The molecule has 4 aromatic carbocycles. The Balaban J connectivity index is 0.000000505. The fourth-order valence-electron chi connectivity index (χ4n) is 7.98. The first-order valence-corrected chi connectivity index (χ1v) is 24.0. The van der Waals surface area contributed by atoms with Crippen molar-refractivity contribution in [3.63, 3.8) is 0 Å². The van der Waals surface area contributed by atoms with E-state index in [1.54, 1.807) is 45.2 Å². The van der Waals surface area contributed by atoms with Gasteiger partial charge in [0.1, 0.15) is 23.1 Å². The summed E-state index contributed by atoms with van der Waals surface area (Å²) in [6, 6.07) is 8.62. The number of benzene rings is 4. The Kier molecular flexibility index (Phi) is 23.7. The summed E-state index contributed by atoms with van der Waals surface area (Å²) < 4.78 is 118. The smallest absolute Gasteiger partial charge is 0.167 e. The lowest BCUT2D eigenvalue weighted by Gasteiger charge is -2.23. The van der Waals surface area contributed by atoms with E-state index >= 15 is 0 Å². The van der Waals surface area contributed by atoms with Crippen molar-refractivity contribution in [2.75, 3.05) is 13.7 Å². The van der Waals surface area contributed by atoms with Gasteiger partial charge in [-0.2, -0.15) is 10.2 Å². The maximum Gasteiger partial charge on any atom is 0.167 e. The molecule has 0 radical (unpaired) electrons. The third-order valence-electron chi connectivity index (χ3n) is 11.6. The molecule has 4 heterocycles. The predicted molar refractivity (Wildman–Crippen MR) is 302 cm³/mol. The number of aliphatic imine (C=N–C) groups is 1. The van der Waals surface area contributed by atoms with Gasteiger partial charge in [-0.3, -0.25) is 15.2 Å². The number of halogens is 8. The zero-order valence-electron chi connectivity index (χ0n) is 43.7. The minimum atomic E-state index is -1.02. The highest BCUT2D eigenvalue weighted by molar-refractivity contribution is 7.15. The number of phenols is 1. The van der Waals surface area contributed by atoms with Crippen LogP contribution in [0.2, 0.25) is 0 Å². The van der Waals surface area contributed by atoms with Crippen LogP contribution in [0, 0.1) is 60.4 Å². The van der Waals surface area contributed by atoms with E-state index in [1.807, 2.05) is 76.2 Å². The number of phenolic OH excluding ortho intramolecular Hbond substituents is 1. The molecule has 0 saturated carbocycles. The first-order valence-electron chi connectivity index (χ1n) is 23.2. The summed E-state index contributed by atoms with van der Waals surface area (Å²) in [6.45, 7) is 25.9. The van der Waals surface area contributed by atoms with Gasteiger partial charge >= 0.3 is 0 Å². The van der Waals surface area contributed by atoms with Crippen molar-refractivity contribution < 1.29 is 45.0 Å². The number of ether oxygens (including phenoxy) is 1. The van der Waals surface area contributed by atoms with Gasteiger partial charge in [-0.25, -0.2) is 40.1 Å². The number of aromatic nitrogens is 5. The fourth-order valence-corrected chi connectivity index (χ4v) is 8.92. The molecule has 1 aliphatic heterocycles. The quantitative estimate of drug-likeness (QED) is 0.149. The highest BCUT2D eigenvalue weighted by Gasteiger charge is 2.30. The minimum Gasteiger partial charge on any atom is -0.508 e. The third kappa shape index (κ3) is 15.8. The van der Waals surface area contributed by atoms with Crippen LogP contribution in [0.25, 0.3) is 38.3 Å². The van der Waals surface area contributed by atoms with Crippen molar-refractivity contribution >= 4 is 23.1 Å². The van der Waals surface area contributed by atoms with Crippen LogP contribution in [0.15, 0.2) is 72.3 Å². The number of hydrogen-bond donors (Lipinski definition) is 3. The van der Waals surface area contributed by atoms with E-state index in [0.29, 0.717) is 50.6 Å². The van der Waals surface area contributed by atoms with Crippen molar-refractivity contribution in [3.8, 4) is 44.2 Å². The SMILES string of the molecule is C.C.C.C.CC(C)(C)c1c(O)cc(-c2cn[nH]c2)c(F)c1F.CC(C)(C)c1ccc(C2=CC=NC2)c(F)c1F.COc1cc(-c2cn[nH]c2)c(F)c(F)c1C(C)(C)C.Cc1nc(C)c(-c2cc(F)c(C(C)(C)C)cc2F)s1. The highest BCUT2D eigenvalue weighted by atomic mass is 32.1. The summed E-state index contributed by atoms with van der Waals surface area (Å²) in [5.41, 5.74) is 2.05. The van der Waals surface area contributed by atoms with Crippen molar-refractivity contribution in [1.29, 1.82) is 0 Å². The first kappa shape index (κ1) is 68.4. The summed E-state index contributed by atoms with van der Waals surface area (Å²) >= 11 is 1.39. The van der Waals surface area contributed by atoms with Gasteiger partial charge in [0.2, 0.25) is 0 Å². The summed E-state index contributed by atoms with van der Waals surface area (Å²) in [5.74, 6) is -5.93. The van der Waals surface area contributed by atoms with Crippen molar-refractivity contribution in [3.05, 3.63) is 152 Å². The number of methoxy groups -OCH3 is 1. The van der Waals surface area contributed by atoms with Gasteiger partial charge in [-0.15, -0.1) is 11.3 Å². The van der Waals surface area contributed by atoms with E-state index in [0.717, 1.165) is 16.3 Å². The maximum absolute atomic E-state index is 14.3.